The Hall–Kier alpha value is -0.310. The van der Waals surface area contributed by atoms with Crippen molar-refractivity contribution in [1.29, 1.82) is 0 Å². The van der Waals surface area contributed by atoms with E-state index in [1.165, 1.54) is 19.3 Å². The molecule has 0 radical (unpaired) electrons. The molecule has 0 N–H and O–H groups in total. The average Bonchev–Trinajstić information content (AvgIpc) is 2.24. The summed E-state index contributed by atoms with van der Waals surface area (Å²) in [7, 11) is 0. The summed E-state index contributed by atoms with van der Waals surface area (Å²) in [4.78, 5) is 22.9. The second-order valence-electron chi connectivity index (χ2n) is 4.54. The molecule has 0 aliphatic carbocycles. The molecule has 0 aromatic heterocycles. The molecule has 0 saturated carbocycles. The minimum absolute atomic E-state index is 0.278. The molecule has 2 nitrogen and oxygen atoms in total. The molecule has 92 valence electrons. The molecule has 3 heteroatoms. The van der Waals surface area contributed by atoms with E-state index in [-0.39, 0.29) is 5.25 Å². The Bertz CT molecular complexity index is 238. The van der Waals surface area contributed by atoms with Gasteiger partial charge in [-0.25, -0.2) is 0 Å². The van der Waals surface area contributed by atoms with E-state index in [0.717, 1.165) is 12.2 Å². The number of unbranched alkanes of at least 4 members (excludes halogenated alkanes) is 3. The molecule has 1 atom stereocenters. The molecular formula is C13H22O2S. The van der Waals surface area contributed by atoms with Gasteiger partial charge in [-0.1, -0.05) is 26.2 Å². The fourth-order valence-electron chi connectivity index (χ4n) is 1.99. The molecule has 0 amide bonds. The monoisotopic (exact) mass is 242 g/mol. The van der Waals surface area contributed by atoms with Gasteiger partial charge in [0, 0.05) is 36.7 Å². The normalized spacial score (nSPS) is 21.1. The van der Waals surface area contributed by atoms with E-state index in [1.807, 2.05) is 0 Å². The molecule has 16 heavy (non-hydrogen) atoms. The maximum Gasteiger partial charge on any atom is 0.134 e. The van der Waals surface area contributed by atoms with Gasteiger partial charge in [0.05, 0.1) is 0 Å². The van der Waals surface area contributed by atoms with Gasteiger partial charge < -0.3 is 0 Å². The zero-order valence-electron chi connectivity index (χ0n) is 10.2. The molecule has 0 aromatic carbocycles. The van der Waals surface area contributed by atoms with Crippen LogP contribution in [0.15, 0.2) is 0 Å². The van der Waals surface area contributed by atoms with Crippen LogP contribution in [0.2, 0.25) is 0 Å². The van der Waals surface area contributed by atoms with Crippen LogP contribution in [0.5, 0.6) is 0 Å². The van der Waals surface area contributed by atoms with Gasteiger partial charge in [-0.3, -0.25) is 9.59 Å². The van der Waals surface area contributed by atoms with Crippen LogP contribution in [0.1, 0.15) is 58.3 Å². The maximum atomic E-state index is 11.7. The fourth-order valence-corrected chi connectivity index (χ4v) is 3.28. The van der Waals surface area contributed by atoms with Crippen LogP contribution < -0.4 is 0 Å². The summed E-state index contributed by atoms with van der Waals surface area (Å²) < 4.78 is 0. The van der Waals surface area contributed by atoms with Crippen molar-refractivity contribution in [3.63, 3.8) is 0 Å². The van der Waals surface area contributed by atoms with Crippen molar-refractivity contribution in [1.82, 2.24) is 0 Å². The number of rotatable bonds is 7. The number of thioether (sulfide) groups is 1. The van der Waals surface area contributed by atoms with E-state index < -0.39 is 0 Å². The molecule has 0 bridgehead atoms. The second kappa shape index (κ2) is 7.88. The minimum atomic E-state index is 0.278. The van der Waals surface area contributed by atoms with Crippen molar-refractivity contribution >= 4 is 23.3 Å². The van der Waals surface area contributed by atoms with E-state index in [9.17, 15) is 9.59 Å². The molecular weight excluding hydrogens is 220 g/mol. The molecule has 1 saturated heterocycles. The summed E-state index contributed by atoms with van der Waals surface area (Å²) >= 11 is 1.80. The molecule has 1 aliphatic heterocycles. The zero-order valence-corrected chi connectivity index (χ0v) is 11.0. The van der Waals surface area contributed by atoms with E-state index >= 15 is 0 Å². The Morgan fingerprint density at radius 3 is 2.88 bits per heavy atom. The summed E-state index contributed by atoms with van der Waals surface area (Å²) in [5, 5.41) is 0.278. The third kappa shape index (κ3) is 5.69. The van der Waals surface area contributed by atoms with E-state index in [2.05, 4.69) is 6.92 Å². The van der Waals surface area contributed by atoms with Gasteiger partial charge in [-0.15, -0.1) is 0 Å². The Morgan fingerprint density at radius 1 is 1.38 bits per heavy atom. The summed E-state index contributed by atoms with van der Waals surface area (Å²) in [6.45, 7) is 2.17. The number of Topliss-reactive ketones (excluding diaryl/α,β-unsaturated/α-hetero) is 2. The Labute approximate surface area is 103 Å². The van der Waals surface area contributed by atoms with Crippen molar-refractivity contribution in [2.45, 2.75) is 63.5 Å². The molecule has 1 fully saturated rings. The number of hydrogen-bond acceptors (Lipinski definition) is 3. The number of carbonyl (C=O) groups is 2. The SMILES string of the molecule is CCCCCCC(=O)CC1CC(=O)CCS1. The van der Waals surface area contributed by atoms with Gasteiger partial charge in [-0.05, 0) is 6.42 Å². The van der Waals surface area contributed by atoms with Crippen LogP contribution >= 0.6 is 11.8 Å². The topological polar surface area (TPSA) is 34.1 Å². The number of hydrogen-bond donors (Lipinski definition) is 0. The summed E-state index contributed by atoms with van der Waals surface area (Å²) in [5.41, 5.74) is 0. The van der Waals surface area contributed by atoms with Crippen LogP contribution in [-0.2, 0) is 9.59 Å². The maximum absolute atomic E-state index is 11.7. The van der Waals surface area contributed by atoms with E-state index in [1.54, 1.807) is 11.8 Å². The first-order chi connectivity index (χ1) is 7.72. The minimum Gasteiger partial charge on any atom is -0.300 e. The third-order valence-corrected chi connectivity index (χ3v) is 4.20. The van der Waals surface area contributed by atoms with E-state index in [4.69, 9.17) is 0 Å². The van der Waals surface area contributed by atoms with Gasteiger partial charge in [0.15, 0.2) is 0 Å². The lowest BCUT2D eigenvalue weighted by molar-refractivity contribution is -0.120. The highest BCUT2D eigenvalue weighted by Crippen LogP contribution is 2.26. The van der Waals surface area contributed by atoms with Crippen molar-refractivity contribution in [3.8, 4) is 0 Å². The van der Waals surface area contributed by atoms with Crippen LogP contribution in [-0.4, -0.2) is 22.6 Å². The van der Waals surface area contributed by atoms with Crippen LogP contribution in [0.3, 0.4) is 0 Å². The van der Waals surface area contributed by atoms with E-state index in [0.29, 0.717) is 37.2 Å². The van der Waals surface area contributed by atoms with Crippen molar-refractivity contribution in [3.05, 3.63) is 0 Å². The predicted molar refractivity (Wildman–Crippen MR) is 68.9 cm³/mol. The summed E-state index contributed by atoms with van der Waals surface area (Å²) in [6, 6.07) is 0. The predicted octanol–water partition coefficient (Wildman–Crippen LogP) is 3.38. The van der Waals surface area contributed by atoms with Gasteiger partial charge >= 0.3 is 0 Å². The van der Waals surface area contributed by atoms with Gasteiger partial charge in [0.25, 0.3) is 0 Å². The molecule has 1 heterocycles. The molecule has 1 aliphatic rings. The average molecular weight is 242 g/mol. The first kappa shape index (κ1) is 13.8. The van der Waals surface area contributed by atoms with Gasteiger partial charge in [0.1, 0.15) is 11.6 Å². The lowest BCUT2D eigenvalue weighted by Crippen LogP contribution is -2.20. The van der Waals surface area contributed by atoms with Crippen molar-refractivity contribution < 1.29 is 9.59 Å². The van der Waals surface area contributed by atoms with Crippen LogP contribution in [0.4, 0.5) is 0 Å². The Kier molecular flexibility index (Phi) is 6.78. The van der Waals surface area contributed by atoms with Gasteiger partial charge in [-0.2, -0.15) is 11.8 Å². The molecule has 0 aromatic rings. The molecule has 0 spiro atoms. The summed E-state index contributed by atoms with van der Waals surface area (Å²) in [6.07, 6.45) is 7.27. The standard InChI is InChI=1S/C13H22O2S/c1-2-3-4-5-6-11(14)9-13-10-12(15)7-8-16-13/h13H,2-10H2,1H3. The zero-order chi connectivity index (χ0) is 11.8. The first-order valence-electron chi connectivity index (χ1n) is 6.37. The van der Waals surface area contributed by atoms with Crippen LogP contribution in [0.25, 0.3) is 0 Å². The Balaban J connectivity index is 2.10. The number of ketones is 2. The number of carbonyl (C=O) groups excluding carboxylic acids is 2. The van der Waals surface area contributed by atoms with Crippen LogP contribution in [0, 0.1) is 0 Å². The Morgan fingerprint density at radius 2 is 2.19 bits per heavy atom. The quantitative estimate of drug-likeness (QED) is 0.642. The smallest absolute Gasteiger partial charge is 0.134 e. The van der Waals surface area contributed by atoms with Crippen molar-refractivity contribution in [2.24, 2.45) is 0 Å². The second-order valence-corrected chi connectivity index (χ2v) is 5.95. The van der Waals surface area contributed by atoms with Crippen molar-refractivity contribution in [2.75, 3.05) is 5.75 Å². The lowest BCUT2D eigenvalue weighted by Gasteiger charge is -2.19. The molecule has 1 unspecified atom stereocenters. The first-order valence-corrected chi connectivity index (χ1v) is 7.42. The highest BCUT2D eigenvalue weighted by molar-refractivity contribution is 8.00. The largest absolute Gasteiger partial charge is 0.300 e. The molecule has 1 rings (SSSR count). The van der Waals surface area contributed by atoms with Gasteiger partial charge in [0.2, 0.25) is 0 Å². The summed E-state index contributed by atoms with van der Waals surface area (Å²) in [5.74, 6) is 1.60. The highest BCUT2D eigenvalue weighted by Gasteiger charge is 2.21. The third-order valence-electron chi connectivity index (χ3n) is 2.95. The lowest BCUT2D eigenvalue weighted by atomic mass is 10.0. The highest BCUT2D eigenvalue weighted by atomic mass is 32.2. The fraction of sp³-hybridized carbons (Fsp3) is 0.846.